The molecular formula is C6H9NaO5. The third-order valence-corrected chi connectivity index (χ3v) is 1.46. The van der Waals surface area contributed by atoms with Gasteiger partial charge < -0.3 is 24.9 Å². The summed E-state index contributed by atoms with van der Waals surface area (Å²) >= 11 is 0. The molecule has 0 amide bonds. The average Bonchev–Trinajstić information content (AvgIpc) is 2.01. The number of hydrogen-bond donors (Lipinski definition) is 2. The van der Waals surface area contributed by atoms with Gasteiger partial charge in [-0.25, -0.2) is 0 Å². The average molecular weight is 184 g/mol. The molecule has 0 saturated heterocycles. The van der Waals surface area contributed by atoms with Crippen molar-refractivity contribution in [2.24, 2.45) is 5.41 Å². The van der Waals surface area contributed by atoms with Gasteiger partial charge in [0.1, 0.15) is 12.4 Å². The van der Waals surface area contributed by atoms with Crippen LogP contribution in [0.4, 0.5) is 0 Å². The molecule has 0 aliphatic rings. The van der Waals surface area contributed by atoms with Crippen LogP contribution in [0.25, 0.3) is 0 Å². The first-order valence-corrected chi connectivity index (χ1v) is 2.94. The number of carbonyl (C=O) groups is 2. The van der Waals surface area contributed by atoms with E-state index in [1.54, 1.807) is 0 Å². The summed E-state index contributed by atoms with van der Waals surface area (Å²) in [6, 6.07) is 0. The molecule has 0 bridgehead atoms. The van der Waals surface area contributed by atoms with Crippen LogP contribution < -0.4 is 34.7 Å². The third-order valence-electron chi connectivity index (χ3n) is 1.46. The van der Waals surface area contributed by atoms with Gasteiger partial charge >= 0.3 is 29.6 Å². The predicted molar refractivity (Wildman–Crippen MR) is 32.3 cm³/mol. The van der Waals surface area contributed by atoms with E-state index in [1.165, 1.54) is 0 Å². The van der Waals surface area contributed by atoms with Crippen LogP contribution in [-0.4, -0.2) is 35.2 Å². The minimum Gasteiger partial charge on any atom is -0.547 e. The maximum Gasteiger partial charge on any atom is 1.00 e. The summed E-state index contributed by atoms with van der Waals surface area (Å²) in [6.45, 7) is 0.395. The molecule has 0 spiro atoms. The first-order chi connectivity index (χ1) is 4.98. The quantitative estimate of drug-likeness (QED) is 0.335. The van der Waals surface area contributed by atoms with Gasteiger partial charge in [0.05, 0.1) is 18.0 Å². The van der Waals surface area contributed by atoms with Gasteiger partial charge in [0, 0.05) is 0 Å². The molecule has 0 heterocycles. The molecule has 5 nitrogen and oxygen atoms in total. The number of aliphatic carboxylic acids is 1. The van der Waals surface area contributed by atoms with Crippen LogP contribution in [0.5, 0.6) is 0 Å². The van der Waals surface area contributed by atoms with Gasteiger partial charge in [-0.3, -0.25) is 0 Å². The smallest absolute Gasteiger partial charge is 0.547 e. The van der Waals surface area contributed by atoms with E-state index in [9.17, 15) is 14.7 Å². The monoisotopic (exact) mass is 184 g/mol. The molecule has 2 atom stereocenters. The summed E-state index contributed by atoms with van der Waals surface area (Å²) in [4.78, 5) is 20.2. The van der Waals surface area contributed by atoms with E-state index in [1.807, 2.05) is 0 Å². The zero-order chi connectivity index (χ0) is 9.07. The molecule has 0 aromatic heterocycles. The van der Waals surface area contributed by atoms with E-state index in [0.717, 1.165) is 6.92 Å². The van der Waals surface area contributed by atoms with Crippen molar-refractivity contribution in [3.05, 3.63) is 0 Å². The molecule has 0 aliphatic heterocycles. The summed E-state index contributed by atoms with van der Waals surface area (Å²) in [5.41, 5.74) is -1.67. The summed E-state index contributed by atoms with van der Waals surface area (Å²) in [7, 11) is 0. The molecule has 2 N–H and O–H groups in total. The second-order valence-electron chi connectivity index (χ2n) is 2.50. The number of aldehydes is 1. The van der Waals surface area contributed by atoms with Gasteiger partial charge in [-0.05, 0) is 6.92 Å². The van der Waals surface area contributed by atoms with Gasteiger partial charge in [0.15, 0.2) is 0 Å². The van der Waals surface area contributed by atoms with Crippen LogP contribution in [0.15, 0.2) is 0 Å². The van der Waals surface area contributed by atoms with Crippen molar-refractivity contribution in [3.8, 4) is 0 Å². The van der Waals surface area contributed by atoms with Crippen molar-refractivity contribution in [1.82, 2.24) is 0 Å². The van der Waals surface area contributed by atoms with Crippen LogP contribution in [0, 0.1) is 5.41 Å². The fourth-order valence-electron chi connectivity index (χ4n) is 0.457. The Hall–Kier alpha value is 0.0600. The number of carbonyl (C=O) groups excluding carboxylic acids is 2. The summed E-state index contributed by atoms with van der Waals surface area (Å²) in [6.07, 6.45) is -1.78. The second kappa shape index (κ2) is 5.66. The van der Waals surface area contributed by atoms with E-state index >= 15 is 0 Å². The molecule has 0 saturated carbocycles. The van der Waals surface area contributed by atoms with Crippen LogP contribution in [0.1, 0.15) is 6.92 Å². The number of carboxylic acid groups (broad SMARTS) is 1. The molecular weight excluding hydrogens is 175 g/mol. The Morgan fingerprint density at radius 3 is 2.25 bits per heavy atom. The topological polar surface area (TPSA) is 97.7 Å². The largest absolute Gasteiger partial charge is 1.00 e. The van der Waals surface area contributed by atoms with Crippen LogP contribution in [0.3, 0.4) is 0 Å². The van der Waals surface area contributed by atoms with Crippen LogP contribution in [-0.2, 0) is 9.59 Å². The normalized spacial score (nSPS) is 16.9. The molecule has 0 aromatic rings. The molecule has 6 heteroatoms. The van der Waals surface area contributed by atoms with Crippen molar-refractivity contribution >= 4 is 12.3 Å². The Labute approximate surface area is 91.7 Å². The Morgan fingerprint density at radius 1 is 1.75 bits per heavy atom. The van der Waals surface area contributed by atoms with Gasteiger partial charge in [0.2, 0.25) is 0 Å². The summed E-state index contributed by atoms with van der Waals surface area (Å²) in [5.74, 6) is -1.77. The minimum atomic E-state index is -1.97. The van der Waals surface area contributed by atoms with E-state index in [2.05, 4.69) is 0 Å². The Morgan fingerprint density at radius 2 is 2.17 bits per heavy atom. The Bertz CT molecular complexity index is 171. The minimum absolute atomic E-state index is 0. The van der Waals surface area contributed by atoms with Crippen molar-refractivity contribution in [2.75, 3.05) is 6.61 Å². The predicted octanol–water partition coefficient (Wildman–Crippen LogP) is -5.70. The van der Waals surface area contributed by atoms with Crippen LogP contribution in [0.2, 0.25) is 0 Å². The molecule has 64 valence electrons. The molecule has 0 aromatic carbocycles. The second-order valence-corrected chi connectivity index (χ2v) is 2.50. The Kier molecular flexibility index (Phi) is 6.88. The first-order valence-electron chi connectivity index (χ1n) is 2.94. The van der Waals surface area contributed by atoms with E-state index in [-0.39, 0.29) is 35.8 Å². The maximum absolute atomic E-state index is 10.2. The third kappa shape index (κ3) is 3.20. The molecule has 0 aliphatic carbocycles. The summed E-state index contributed by atoms with van der Waals surface area (Å²) < 4.78 is 0. The number of hydrogen-bond acceptors (Lipinski definition) is 5. The standard InChI is InChI=1S/C6H10O5.Na/c1-6(2-7,3-8)4(9)5(10)11;/h2,4,8-9H,3H2,1H3,(H,10,11);/q;+1/p-1/t4-,6?;/m0./s1. The first kappa shape index (κ1) is 14.6. The molecule has 0 radical (unpaired) electrons. The molecule has 12 heavy (non-hydrogen) atoms. The molecule has 0 fully saturated rings. The van der Waals surface area contributed by atoms with Crippen LogP contribution >= 0.6 is 0 Å². The Balaban J connectivity index is 0. The summed E-state index contributed by atoms with van der Waals surface area (Å²) in [5, 5.41) is 27.3. The fourth-order valence-corrected chi connectivity index (χ4v) is 0.457. The zero-order valence-electron chi connectivity index (χ0n) is 6.98. The molecule has 1 unspecified atom stereocenters. The fraction of sp³-hybridized carbons (Fsp3) is 0.667. The number of carboxylic acids is 1. The number of aliphatic hydroxyl groups excluding tert-OH is 2. The SMILES string of the molecule is CC(C=O)(CO)[C@@H](O)C(=O)[O-].[Na+]. The zero-order valence-corrected chi connectivity index (χ0v) is 8.98. The van der Waals surface area contributed by atoms with Gasteiger partial charge in [0.25, 0.3) is 0 Å². The van der Waals surface area contributed by atoms with E-state index < -0.39 is 24.1 Å². The van der Waals surface area contributed by atoms with Crippen molar-refractivity contribution in [3.63, 3.8) is 0 Å². The van der Waals surface area contributed by atoms with Crippen molar-refractivity contribution in [1.29, 1.82) is 0 Å². The van der Waals surface area contributed by atoms with Gasteiger partial charge in [-0.15, -0.1) is 0 Å². The maximum atomic E-state index is 10.2. The van der Waals surface area contributed by atoms with Crippen molar-refractivity contribution < 1.29 is 54.5 Å². The molecule has 0 rings (SSSR count). The van der Waals surface area contributed by atoms with E-state index in [0.29, 0.717) is 0 Å². The van der Waals surface area contributed by atoms with Crippen molar-refractivity contribution in [2.45, 2.75) is 13.0 Å². The number of aliphatic hydroxyl groups is 2. The van der Waals surface area contributed by atoms with E-state index in [4.69, 9.17) is 10.2 Å². The van der Waals surface area contributed by atoms with Gasteiger partial charge in [-0.1, -0.05) is 0 Å². The van der Waals surface area contributed by atoms with Gasteiger partial charge in [-0.2, -0.15) is 0 Å². The number of rotatable bonds is 4.